The van der Waals surface area contributed by atoms with Crippen LogP contribution in [0.3, 0.4) is 0 Å². The van der Waals surface area contributed by atoms with Crippen LogP contribution >= 0.6 is 15.9 Å². The van der Waals surface area contributed by atoms with Crippen molar-refractivity contribution in [3.63, 3.8) is 0 Å². The Hall–Kier alpha value is -1.54. The predicted molar refractivity (Wildman–Crippen MR) is 96.1 cm³/mol. The van der Waals surface area contributed by atoms with Crippen molar-refractivity contribution in [3.05, 3.63) is 69.2 Å². The summed E-state index contributed by atoms with van der Waals surface area (Å²) in [5.74, 6) is 0.338. The van der Waals surface area contributed by atoms with Crippen LogP contribution in [0, 0.1) is 6.92 Å². The van der Waals surface area contributed by atoms with Crippen molar-refractivity contribution in [2.45, 2.75) is 39.0 Å². The van der Waals surface area contributed by atoms with Gasteiger partial charge in [-0.05, 0) is 79.1 Å². The molecule has 0 saturated heterocycles. The van der Waals surface area contributed by atoms with Crippen LogP contribution in [0.15, 0.2) is 52.5 Å². The van der Waals surface area contributed by atoms with Gasteiger partial charge in [-0.1, -0.05) is 46.1 Å². The molecular formula is C20H21BrO. The average molecular weight is 357 g/mol. The number of halogens is 1. The number of phenolic OH excluding ortho intramolecular Hbond substituents is 1. The third-order valence-corrected chi connectivity index (χ3v) is 4.95. The SMILES string of the molecule is Cc1cc(O)ccc1C(=C1CCCCC1)c1ccc(Br)cc1. The summed E-state index contributed by atoms with van der Waals surface area (Å²) in [6, 6.07) is 14.3. The van der Waals surface area contributed by atoms with Crippen molar-refractivity contribution >= 4 is 21.5 Å². The van der Waals surface area contributed by atoms with Gasteiger partial charge in [0.25, 0.3) is 0 Å². The van der Waals surface area contributed by atoms with Gasteiger partial charge in [0.2, 0.25) is 0 Å². The van der Waals surface area contributed by atoms with Crippen LogP contribution in [-0.4, -0.2) is 5.11 Å². The number of phenols is 1. The van der Waals surface area contributed by atoms with Gasteiger partial charge in [0.1, 0.15) is 5.75 Å². The second kappa shape index (κ2) is 6.70. The lowest BCUT2D eigenvalue weighted by atomic mass is 9.84. The highest BCUT2D eigenvalue weighted by atomic mass is 79.9. The molecule has 114 valence electrons. The average Bonchev–Trinajstić information content (AvgIpc) is 2.52. The smallest absolute Gasteiger partial charge is 0.115 e. The number of aromatic hydroxyl groups is 1. The van der Waals surface area contributed by atoms with Gasteiger partial charge in [-0.2, -0.15) is 0 Å². The molecule has 2 aromatic carbocycles. The van der Waals surface area contributed by atoms with E-state index in [9.17, 15) is 5.11 Å². The largest absolute Gasteiger partial charge is 0.508 e. The highest BCUT2D eigenvalue weighted by molar-refractivity contribution is 9.10. The summed E-state index contributed by atoms with van der Waals surface area (Å²) in [4.78, 5) is 0. The van der Waals surface area contributed by atoms with E-state index in [2.05, 4.69) is 53.2 Å². The molecule has 0 spiro atoms. The van der Waals surface area contributed by atoms with E-state index < -0.39 is 0 Å². The first-order chi connectivity index (χ1) is 10.6. The topological polar surface area (TPSA) is 20.2 Å². The summed E-state index contributed by atoms with van der Waals surface area (Å²) in [6.07, 6.45) is 6.28. The molecule has 22 heavy (non-hydrogen) atoms. The normalized spacial score (nSPS) is 14.9. The molecule has 2 heteroatoms. The first kappa shape index (κ1) is 15.4. The maximum atomic E-state index is 9.71. The van der Waals surface area contributed by atoms with Crippen molar-refractivity contribution in [1.82, 2.24) is 0 Å². The first-order valence-electron chi connectivity index (χ1n) is 7.93. The fourth-order valence-corrected chi connectivity index (χ4v) is 3.59. The van der Waals surface area contributed by atoms with Crippen LogP contribution in [-0.2, 0) is 0 Å². The zero-order chi connectivity index (χ0) is 15.5. The molecule has 1 aliphatic carbocycles. The van der Waals surface area contributed by atoms with Gasteiger partial charge < -0.3 is 5.11 Å². The Morgan fingerprint density at radius 2 is 1.64 bits per heavy atom. The zero-order valence-electron chi connectivity index (χ0n) is 12.9. The Labute approximate surface area is 140 Å². The number of hydrogen-bond donors (Lipinski definition) is 1. The molecule has 1 nitrogen and oxygen atoms in total. The summed E-state index contributed by atoms with van der Waals surface area (Å²) in [6.45, 7) is 2.08. The van der Waals surface area contributed by atoms with E-state index in [1.807, 2.05) is 6.07 Å². The lowest BCUT2D eigenvalue weighted by Gasteiger charge is -2.21. The maximum Gasteiger partial charge on any atom is 0.115 e. The molecule has 0 aliphatic heterocycles. The Morgan fingerprint density at radius 1 is 0.955 bits per heavy atom. The Bertz CT molecular complexity index is 690. The van der Waals surface area contributed by atoms with E-state index in [0.717, 1.165) is 10.0 Å². The third-order valence-electron chi connectivity index (χ3n) is 4.42. The molecule has 0 bridgehead atoms. The van der Waals surface area contributed by atoms with Crippen LogP contribution in [0.1, 0.15) is 48.8 Å². The monoisotopic (exact) mass is 356 g/mol. The quantitative estimate of drug-likeness (QED) is 0.676. The molecular weight excluding hydrogens is 336 g/mol. The highest BCUT2D eigenvalue weighted by Gasteiger charge is 2.16. The van der Waals surface area contributed by atoms with Crippen molar-refractivity contribution in [3.8, 4) is 5.75 Å². The van der Waals surface area contributed by atoms with Gasteiger partial charge >= 0.3 is 0 Å². The van der Waals surface area contributed by atoms with Gasteiger partial charge in [-0.15, -0.1) is 0 Å². The number of hydrogen-bond acceptors (Lipinski definition) is 1. The Balaban J connectivity index is 2.16. The van der Waals surface area contributed by atoms with Crippen LogP contribution in [0.5, 0.6) is 5.75 Å². The molecule has 0 unspecified atom stereocenters. The van der Waals surface area contributed by atoms with Gasteiger partial charge in [0.05, 0.1) is 0 Å². The van der Waals surface area contributed by atoms with Gasteiger partial charge in [-0.25, -0.2) is 0 Å². The molecule has 0 amide bonds. The van der Waals surface area contributed by atoms with E-state index in [-0.39, 0.29) is 0 Å². The van der Waals surface area contributed by atoms with E-state index in [1.165, 1.54) is 48.8 Å². The minimum atomic E-state index is 0.338. The minimum Gasteiger partial charge on any atom is -0.508 e. The predicted octanol–water partition coefficient (Wildman–Crippen LogP) is 6.23. The molecule has 2 aromatic rings. The minimum absolute atomic E-state index is 0.338. The van der Waals surface area contributed by atoms with Crippen LogP contribution < -0.4 is 0 Å². The van der Waals surface area contributed by atoms with Crippen molar-refractivity contribution in [2.75, 3.05) is 0 Å². The maximum absolute atomic E-state index is 9.71. The van der Waals surface area contributed by atoms with Gasteiger partial charge in [-0.3, -0.25) is 0 Å². The molecule has 1 aliphatic rings. The highest BCUT2D eigenvalue weighted by Crippen LogP contribution is 2.37. The van der Waals surface area contributed by atoms with E-state index in [4.69, 9.17) is 0 Å². The Kier molecular flexibility index (Phi) is 4.68. The number of rotatable bonds is 2. The fourth-order valence-electron chi connectivity index (χ4n) is 3.32. The number of aryl methyl sites for hydroxylation is 1. The Morgan fingerprint density at radius 3 is 2.27 bits per heavy atom. The molecule has 0 heterocycles. The van der Waals surface area contributed by atoms with Crippen molar-refractivity contribution < 1.29 is 5.11 Å². The van der Waals surface area contributed by atoms with E-state index in [0.29, 0.717) is 5.75 Å². The van der Waals surface area contributed by atoms with Gasteiger partial charge in [0.15, 0.2) is 0 Å². The van der Waals surface area contributed by atoms with Crippen LogP contribution in [0.25, 0.3) is 5.57 Å². The van der Waals surface area contributed by atoms with E-state index >= 15 is 0 Å². The van der Waals surface area contributed by atoms with Crippen LogP contribution in [0.4, 0.5) is 0 Å². The summed E-state index contributed by atoms with van der Waals surface area (Å²) >= 11 is 3.52. The van der Waals surface area contributed by atoms with Crippen LogP contribution in [0.2, 0.25) is 0 Å². The third kappa shape index (κ3) is 3.27. The standard InChI is InChI=1S/C20H21BrO/c1-14-13-18(22)11-12-19(14)20(15-5-3-2-4-6-15)16-7-9-17(21)10-8-16/h7-13,22H,2-6H2,1H3. The number of allylic oxidation sites excluding steroid dienone is 1. The summed E-state index contributed by atoms with van der Waals surface area (Å²) < 4.78 is 1.10. The summed E-state index contributed by atoms with van der Waals surface area (Å²) in [7, 11) is 0. The molecule has 3 rings (SSSR count). The molecule has 0 aromatic heterocycles. The van der Waals surface area contributed by atoms with Gasteiger partial charge in [0, 0.05) is 4.47 Å². The lowest BCUT2D eigenvalue weighted by Crippen LogP contribution is -2.01. The molecule has 1 fully saturated rings. The second-order valence-corrected chi connectivity index (χ2v) is 6.96. The first-order valence-corrected chi connectivity index (χ1v) is 8.72. The zero-order valence-corrected chi connectivity index (χ0v) is 14.5. The molecule has 0 atom stereocenters. The fraction of sp³-hybridized carbons (Fsp3) is 0.300. The summed E-state index contributed by atoms with van der Waals surface area (Å²) in [5, 5.41) is 9.71. The molecule has 1 saturated carbocycles. The van der Waals surface area contributed by atoms with Crippen molar-refractivity contribution in [1.29, 1.82) is 0 Å². The lowest BCUT2D eigenvalue weighted by molar-refractivity contribution is 0.475. The van der Waals surface area contributed by atoms with Crippen molar-refractivity contribution in [2.24, 2.45) is 0 Å². The number of benzene rings is 2. The second-order valence-electron chi connectivity index (χ2n) is 6.05. The summed E-state index contributed by atoms with van der Waals surface area (Å²) in [5.41, 5.74) is 6.58. The molecule has 0 radical (unpaired) electrons. The van der Waals surface area contributed by atoms with E-state index in [1.54, 1.807) is 11.6 Å². The molecule has 1 N–H and O–H groups in total.